The van der Waals surface area contributed by atoms with Crippen molar-refractivity contribution in [3.05, 3.63) is 45.9 Å². The monoisotopic (exact) mass is 527 g/mol. The van der Waals surface area contributed by atoms with Crippen molar-refractivity contribution in [3.63, 3.8) is 0 Å². The van der Waals surface area contributed by atoms with Gasteiger partial charge in [0.25, 0.3) is 0 Å². The fourth-order valence-corrected chi connectivity index (χ4v) is 4.70. The van der Waals surface area contributed by atoms with E-state index in [0.717, 1.165) is 22.9 Å². The molecule has 2 rings (SSSR count). The topological polar surface area (TPSA) is 75.9 Å². The molecule has 0 saturated carbocycles. The molecule has 0 radical (unpaired) electrons. The predicted octanol–water partition coefficient (Wildman–Crippen LogP) is 4.04. The SMILES string of the molecule is C=CCOC[C@H]1CCCN1C(=O)[C@H](Cc1cc(Cl)ccc1Br)N(C)C(=O)[C@@H](N)CC(C)C. The number of benzene rings is 1. The van der Waals surface area contributed by atoms with E-state index in [1.54, 1.807) is 19.2 Å². The maximum absolute atomic E-state index is 13.7. The van der Waals surface area contributed by atoms with Crippen LogP contribution in [0, 0.1) is 5.92 Å². The second-order valence-electron chi connectivity index (χ2n) is 8.79. The molecule has 2 amide bonds. The number of likely N-dealkylation sites (N-methyl/N-ethyl adjacent to an activating group) is 1. The molecule has 1 aliphatic heterocycles. The standard InChI is InChI=1S/C24H35BrClN3O3/c1-5-11-32-15-19-7-6-10-29(19)24(31)22(14-17-13-18(26)8-9-20(17)25)28(4)23(30)21(27)12-16(2)3/h5,8-9,13,16,19,21-22H,1,6-7,10-12,14-15,27H2,2-4H3/t19-,21+,22+/m1/s1. The van der Waals surface area contributed by atoms with Crippen molar-refractivity contribution in [3.8, 4) is 0 Å². The van der Waals surface area contributed by atoms with Gasteiger partial charge < -0.3 is 20.3 Å². The Bertz CT molecular complexity index is 805. The van der Waals surface area contributed by atoms with Crippen LogP contribution in [0.5, 0.6) is 0 Å². The van der Waals surface area contributed by atoms with Gasteiger partial charge in [0.15, 0.2) is 0 Å². The summed E-state index contributed by atoms with van der Waals surface area (Å²) >= 11 is 9.76. The summed E-state index contributed by atoms with van der Waals surface area (Å²) < 4.78 is 6.48. The summed E-state index contributed by atoms with van der Waals surface area (Å²) in [5.41, 5.74) is 7.06. The van der Waals surface area contributed by atoms with E-state index in [4.69, 9.17) is 22.1 Å². The highest BCUT2D eigenvalue weighted by atomic mass is 79.9. The van der Waals surface area contributed by atoms with Gasteiger partial charge in [-0.15, -0.1) is 6.58 Å². The largest absolute Gasteiger partial charge is 0.375 e. The zero-order valence-electron chi connectivity index (χ0n) is 19.2. The maximum atomic E-state index is 13.7. The number of amides is 2. The summed E-state index contributed by atoms with van der Waals surface area (Å²) in [5, 5.41) is 0.580. The van der Waals surface area contributed by atoms with Gasteiger partial charge in [0.05, 0.1) is 25.3 Å². The molecule has 0 aromatic heterocycles. The maximum Gasteiger partial charge on any atom is 0.246 e. The first-order valence-electron chi connectivity index (χ1n) is 11.1. The normalized spacial score (nSPS) is 18.0. The highest BCUT2D eigenvalue weighted by Gasteiger charge is 2.37. The molecule has 8 heteroatoms. The van der Waals surface area contributed by atoms with Gasteiger partial charge in [0, 0.05) is 29.5 Å². The Morgan fingerprint density at radius 2 is 2.16 bits per heavy atom. The molecule has 1 aromatic rings. The minimum absolute atomic E-state index is 0.0133. The third-order valence-corrected chi connectivity index (χ3v) is 6.78. The summed E-state index contributed by atoms with van der Waals surface area (Å²) in [4.78, 5) is 30.2. The summed E-state index contributed by atoms with van der Waals surface area (Å²) in [6.45, 7) is 9.27. The van der Waals surface area contributed by atoms with E-state index in [-0.39, 0.29) is 23.8 Å². The number of rotatable bonds is 11. The van der Waals surface area contributed by atoms with Crippen LogP contribution in [0.25, 0.3) is 0 Å². The minimum atomic E-state index is -0.685. The van der Waals surface area contributed by atoms with E-state index in [9.17, 15) is 9.59 Å². The lowest BCUT2D eigenvalue weighted by atomic mass is 10.00. The quantitative estimate of drug-likeness (QED) is 0.347. The van der Waals surface area contributed by atoms with Gasteiger partial charge in [0.1, 0.15) is 6.04 Å². The molecule has 1 fully saturated rings. The van der Waals surface area contributed by atoms with Crippen LogP contribution in [0.1, 0.15) is 38.7 Å². The number of nitrogens with two attached hydrogens (primary N) is 1. The lowest BCUT2D eigenvalue weighted by Gasteiger charge is -2.35. The highest BCUT2D eigenvalue weighted by molar-refractivity contribution is 9.10. The Balaban J connectivity index is 2.30. The zero-order valence-corrected chi connectivity index (χ0v) is 21.6. The minimum Gasteiger partial charge on any atom is -0.375 e. The Labute approximate surface area is 205 Å². The van der Waals surface area contributed by atoms with Crippen molar-refractivity contribution in [2.45, 2.75) is 57.7 Å². The molecule has 1 heterocycles. The molecule has 0 bridgehead atoms. The predicted molar refractivity (Wildman–Crippen MR) is 133 cm³/mol. The van der Waals surface area contributed by atoms with Crippen molar-refractivity contribution in [2.24, 2.45) is 11.7 Å². The molecule has 0 aliphatic carbocycles. The Morgan fingerprint density at radius 1 is 1.44 bits per heavy atom. The molecule has 1 aliphatic rings. The zero-order chi connectivity index (χ0) is 23.8. The Morgan fingerprint density at radius 3 is 2.81 bits per heavy atom. The smallest absolute Gasteiger partial charge is 0.246 e. The van der Waals surface area contributed by atoms with Gasteiger partial charge in [-0.1, -0.05) is 47.5 Å². The second-order valence-corrected chi connectivity index (χ2v) is 10.1. The summed E-state index contributed by atoms with van der Waals surface area (Å²) in [5.74, 6) is -0.0356. The number of ether oxygens (including phenoxy) is 1. The molecular weight excluding hydrogens is 494 g/mol. The molecule has 2 N–H and O–H groups in total. The van der Waals surface area contributed by atoms with Crippen LogP contribution < -0.4 is 5.73 Å². The number of nitrogens with zero attached hydrogens (tertiary/aromatic N) is 2. The number of hydrogen-bond donors (Lipinski definition) is 1. The van der Waals surface area contributed by atoms with E-state index < -0.39 is 12.1 Å². The van der Waals surface area contributed by atoms with E-state index in [0.29, 0.717) is 37.6 Å². The molecular formula is C24H35BrClN3O3. The van der Waals surface area contributed by atoms with Gasteiger partial charge in [-0.25, -0.2) is 0 Å². The first kappa shape index (κ1) is 26.8. The lowest BCUT2D eigenvalue weighted by molar-refractivity contribution is -0.146. The van der Waals surface area contributed by atoms with Gasteiger partial charge in [0.2, 0.25) is 11.8 Å². The lowest BCUT2D eigenvalue weighted by Crippen LogP contribution is -2.55. The number of halogens is 2. The number of hydrogen-bond acceptors (Lipinski definition) is 4. The first-order chi connectivity index (χ1) is 15.1. The summed E-state index contributed by atoms with van der Waals surface area (Å²) in [6.07, 6.45) is 4.39. The van der Waals surface area contributed by atoms with Crippen LogP contribution in [0.3, 0.4) is 0 Å². The van der Waals surface area contributed by atoms with Crippen molar-refractivity contribution >= 4 is 39.3 Å². The third-order valence-electron chi connectivity index (χ3n) is 5.77. The number of likely N-dealkylation sites (tertiary alicyclic amines) is 1. The van der Waals surface area contributed by atoms with E-state index in [1.165, 1.54) is 4.90 Å². The van der Waals surface area contributed by atoms with E-state index >= 15 is 0 Å². The van der Waals surface area contributed by atoms with Crippen molar-refractivity contribution in [2.75, 3.05) is 26.8 Å². The fraction of sp³-hybridized carbons (Fsp3) is 0.583. The average Bonchev–Trinajstić information content (AvgIpc) is 3.21. The molecule has 1 saturated heterocycles. The van der Waals surface area contributed by atoms with Crippen LogP contribution in [0.15, 0.2) is 35.3 Å². The number of carbonyl (C=O) groups excluding carboxylic acids is 2. The molecule has 1 aromatic carbocycles. The van der Waals surface area contributed by atoms with Crippen molar-refractivity contribution in [1.82, 2.24) is 9.80 Å². The Hall–Kier alpha value is -1.41. The van der Waals surface area contributed by atoms with Crippen molar-refractivity contribution < 1.29 is 14.3 Å². The second kappa shape index (κ2) is 12.7. The molecule has 0 spiro atoms. The van der Waals surface area contributed by atoms with Crippen LogP contribution in [0.2, 0.25) is 5.02 Å². The summed E-state index contributed by atoms with van der Waals surface area (Å²) in [7, 11) is 1.67. The molecule has 6 nitrogen and oxygen atoms in total. The van der Waals surface area contributed by atoms with Gasteiger partial charge in [-0.2, -0.15) is 0 Å². The molecule has 0 unspecified atom stereocenters. The number of carbonyl (C=O) groups is 2. The summed E-state index contributed by atoms with van der Waals surface area (Å²) in [6, 6.07) is 4.12. The van der Waals surface area contributed by atoms with Crippen LogP contribution in [0.4, 0.5) is 0 Å². The third kappa shape index (κ3) is 7.30. The molecule has 178 valence electrons. The van der Waals surface area contributed by atoms with Gasteiger partial charge in [-0.3, -0.25) is 9.59 Å². The van der Waals surface area contributed by atoms with Gasteiger partial charge in [-0.05, 0) is 48.9 Å². The van der Waals surface area contributed by atoms with Crippen molar-refractivity contribution in [1.29, 1.82) is 0 Å². The first-order valence-corrected chi connectivity index (χ1v) is 12.3. The molecule has 3 atom stereocenters. The highest BCUT2D eigenvalue weighted by Crippen LogP contribution is 2.26. The van der Waals surface area contributed by atoms with Crippen LogP contribution in [-0.4, -0.2) is 66.5 Å². The van der Waals surface area contributed by atoms with Crippen LogP contribution in [-0.2, 0) is 20.7 Å². The fourth-order valence-electron chi connectivity index (χ4n) is 4.10. The van der Waals surface area contributed by atoms with Gasteiger partial charge >= 0.3 is 0 Å². The average molecular weight is 529 g/mol. The van der Waals surface area contributed by atoms with Crippen LogP contribution >= 0.6 is 27.5 Å². The molecule has 32 heavy (non-hydrogen) atoms. The van der Waals surface area contributed by atoms with E-state index in [1.807, 2.05) is 30.9 Å². The Kier molecular flexibility index (Phi) is 10.7. The van der Waals surface area contributed by atoms with E-state index in [2.05, 4.69) is 22.5 Å².